The highest BCUT2D eigenvalue weighted by Gasteiger charge is 2.33. The van der Waals surface area contributed by atoms with E-state index in [1.165, 1.54) is 12.1 Å². The molecule has 4 nitrogen and oxygen atoms in total. The summed E-state index contributed by atoms with van der Waals surface area (Å²) in [5, 5.41) is 4.04. The maximum absolute atomic E-state index is 13.9. The smallest absolute Gasteiger partial charge is 0.326 e. The first-order chi connectivity index (χ1) is 17.2. The lowest BCUT2D eigenvalue weighted by Crippen LogP contribution is -3.15. The average molecular weight is 548 g/mol. The van der Waals surface area contributed by atoms with E-state index in [0.29, 0.717) is 39.3 Å². The number of carbonyl (C=O) groups is 1. The van der Waals surface area contributed by atoms with Crippen LogP contribution in [0.25, 0.3) is 11.1 Å². The Balaban J connectivity index is 1.70. The van der Waals surface area contributed by atoms with Crippen molar-refractivity contribution in [3.8, 4) is 11.1 Å². The number of hydrogen-bond donors (Lipinski definition) is 2. The minimum Gasteiger partial charge on any atom is -0.333 e. The molecule has 5 rings (SSSR count). The van der Waals surface area contributed by atoms with Crippen molar-refractivity contribution in [2.75, 3.05) is 18.0 Å². The molecule has 2 N–H and O–H groups in total. The van der Waals surface area contributed by atoms with Gasteiger partial charge in [-0.1, -0.05) is 46.9 Å². The minimum atomic E-state index is -0.393. The molecule has 8 heteroatoms. The lowest BCUT2D eigenvalue weighted by atomic mass is 9.84. The number of benzene rings is 3. The number of rotatable bonds is 4. The van der Waals surface area contributed by atoms with Crippen molar-refractivity contribution in [3.63, 3.8) is 0 Å². The maximum Gasteiger partial charge on any atom is 0.326 e. The van der Waals surface area contributed by atoms with Gasteiger partial charge in [0, 0.05) is 30.5 Å². The summed E-state index contributed by atoms with van der Waals surface area (Å²) in [5.74, 6) is -0.0556. The van der Waals surface area contributed by atoms with E-state index in [1.54, 1.807) is 34.1 Å². The molecular weight excluding hydrogens is 520 g/mol. The molecule has 2 aliphatic rings. The number of urea groups is 1. The maximum atomic E-state index is 13.9. The molecule has 1 saturated heterocycles. The van der Waals surface area contributed by atoms with E-state index in [0.717, 1.165) is 53.9 Å². The Labute approximate surface area is 225 Å². The number of nitrogens with zero attached hydrogens (tertiary/aromatic N) is 1. The molecule has 0 atom stereocenters. The zero-order chi connectivity index (χ0) is 25.6. The molecule has 3 aromatic carbocycles. The highest BCUT2D eigenvalue weighted by atomic mass is 35.5. The van der Waals surface area contributed by atoms with Crippen LogP contribution in [-0.2, 0) is 6.54 Å². The van der Waals surface area contributed by atoms with Crippen molar-refractivity contribution in [2.45, 2.75) is 45.2 Å². The van der Waals surface area contributed by atoms with E-state index in [9.17, 15) is 9.18 Å². The van der Waals surface area contributed by atoms with Crippen LogP contribution in [-0.4, -0.2) is 25.2 Å². The highest BCUT2D eigenvalue weighted by Crippen LogP contribution is 2.46. The van der Waals surface area contributed by atoms with Crippen LogP contribution in [0.2, 0.25) is 15.1 Å². The number of halogens is 4. The fraction of sp³-hybridized carbons (Fsp3) is 0.321. The first kappa shape index (κ1) is 25.3. The second-order valence-corrected chi connectivity index (χ2v) is 11.1. The summed E-state index contributed by atoms with van der Waals surface area (Å²) in [5.41, 5.74) is 4.77. The molecule has 0 bridgehead atoms. The Kier molecular flexibility index (Phi) is 7.19. The van der Waals surface area contributed by atoms with Crippen LogP contribution in [0.4, 0.5) is 20.6 Å². The van der Waals surface area contributed by atoms with Crippen LogP contribution in [0.1, 0.15) is 43.7 Å². The predicted molar refractivity (Wildman–Crippen MR) is 145 cm³/mol. The quantitative estimate of drug-likeness (QED) is 0.363. The summed E-state index contributed by atoms with van der Waals surface area (Å²) in [7, 11) is 0. The molecule has 0 radical (unpaired) electrons. The lowest BCUT2D eigenvalue weighted by Gasteiger charge is -2.35. The Hall–Kier alpha value is -2.31. The minimum absolute atomic E-state index is 0.301. The third-order valence-electron chi connectivity index (χ3n) is 7.41. The molecule has 2 aliphatic heterocycles. The molecule has 36 heavy (non-hydrogen) atoms. The normalized spacial score (nSPS) is 19.9. The van der Waals surface area contributed by atoms with Crippen molar-refractivity contribution in [2.24, 2.45) is 0 Å². The molecule has 0 saturated carbocycles. The summed E-state index contributed by atoms with van der Waals surface area (Å²) in [6.07, 6.45) is 2.09. The molecule has 1 fully saturated rings. The van der Waals surface area contributed by atoms with E-state index in [2.05, 4.69) is 31.3 Å². The van der Waals surface area contributed by atoms with Gasteiger partial charge in [0.1, 0.15) is 5.82 Å². The molecule has 0 spiro atoms. The van der Waals surface area contributed by atoms with Crippen LogP contribution < -0.4 is 15.1 Å². The van der Waals surface area contributed by atoms with Gasteiger partial charge in [0.2, 0.25) is 0 Å². The number of nitrogens with one attached hydrogen (secondary N) is 2. The Morgan fingerprint density at radius 3 is 2.31 bits per heavy atom. The van der Waals surface area contributed by atoms with Gasteiger partial charge in [-0.2, -0.15) is 0 Å². The van der Waals surface area contributed by atoms with Crippen LogP contribution in [0.15, 0.2) is 48.5 Å². The van der Waals surface area contributed by atoms with Crippen LogP contribution in [0.3, 0.4) is 0 Å². The first-order valence-corrected chi connectivity index (χ1v) is 13.4. The zero-order valence-electron chi connectivity index (χ0n) is 20.2. The van der Waals surface area contributed by atoms with Gasteiger partial charge >= 0.3 is 6.03 Å². The lowest BCUT2D eigenvalue weighted by molar-refractivity contribution is -0.926. The summed E-state index contributed by atoms with van der Waals surface area (Å²) in [6.45, 7) is 7.01. The number of quaternary nitrogens is 1. The Morgan fingerprint density at radius 1 is 0.972 bits per heavy atom. The fourth-order valence-electron chi connectivity index (χ4n) is 5.42. The third-order valence-corrected chi connectivity index (χ3v) is 8.33. The topological polar surface area (TPSA) is 36.8 Å². The Bertz CT molecular complexity index is 1300. The van der Waals surface area contributed by atoms with Gasteiger partial charge in [-0.05, 0) is 67.3 Å². The third kappa shape index (κ3) is 4.70. The van der Waals surface area contributed by atoms with Gasteiger partial charge in [0.05, 0.1) is 45.6 Å². The van der Waals surface area contributed by atoms with E-state index >= 15 is 0 Å². The molecular formula is C28H28Cl3FN3O+. The molecule has 3 aromatic rings. The molecule has 2 amide bonds. The molecule has 0 unspecified atom stereocenters. The van der Waals surface area contributed by atoms with E-state index in [-0.39, 0.29) is 6.03 Å². The largest absolute Gasteiger partial charge is 0.333 e. The number of amides is 2. The van der Waals surface area contributed by atoms with Gasteiger partial charge in [-0.15, -0.1) is 0 Å². The van der Waals surface area contributed by atoms with Gasteiger partial charge in [0.15, 0.2) is 0 Å². The van der Waals surface area contributed by atoms with Gasteiger partial charge in [-0.3, -0.25) is 4.90 Å². The number of carbonyl (C=O) groups excluding carboxylic acids is 1. The summed E-state index contributed by atoms with van der Waals surface area (Å²) >= 11 is 19.7. The number of fused-ring (bicyclic) bond motifs is 1. The standard InChI is InChI=1S/C28H27Cl3FN3O/c1-16(2)34-10-8-17(9-11-34)18-12-21(20-7-6-19(32)14-25(20)31)22-15-33-28(36)35(26(22)13-18)27-23(29)4-3-5-24(27)30/h3-7,12-14,16-17H,8-11,15H2,1-2H3,(H,33,36)/p+1. The summed E-state index contributed by atoms with van der Waals surface area (Å²) in [6, 6.07) is 14.2. The second kappa shape index (κ2) is 10.2. The van der Waals surface area contributed by atoms with Gasteiger partial charge < -0.3 is 10.2 Å². The van der Waals surface area contributed by atoms with E-state index < -0.39 is 5.82 Å². The van der Waals surface area contributed by atoms with Gasteiger partial charge in [0.25, 0.3) is 0 Å². The second-order valence-electron chi connectivity index (χ2n) is 9.84. The number of anilines is 2. The molecule has 0 aromatic heterocycles. The molecule has 0 aliphatic carbocycles. The first-order valence-electron chi connectivity index (χ1n) is 12.2. The van der Waals surface area contributed by atoms with Crippen molar-refractivity contribution in [1.82, 2.24) is 5.32 Å². The SMILES string of the molecule is CC(C)[NH+]1CCC(c2cc(-c3ccc(F)cc3Cl)c3c(c2)N(c2c(Cl)cccc2Cl)C(=O)NC3)CC1. The van der Waals surface area contributed by atoms with Crippen molar-refractivity contribution in [3.05, 3.63) is 80.5 Å². The fourth-order valence-corrected chi connectivity index (χ4v) is 6.26. The Morgan fingerprint density at radius 2 is 1.67 bits per heavy atom. The van der Waals surface area contributed by atoms with E-state index in [1.807, 2.05) is 0 Å². The predicted octanol–water partition coefficient (Wildman–Crippen LogP) is 6.98. The molecule has 188 valence electrons. The van der Waals surface area contributed by atoms with Crippen LogP contribution in [0.5, 0.6) is 0 Å². The van der Waals surface area contributed by atoms with Crippen molar-refractivity contribution >= 4 is 52.2 Å². The van der Waals surface area contributed by atoms with E-state index in [4.69, 9.17) is 34.8 Å². The monoisotopic (exact) mass is 546 g/mol. The molecule has 2 heterocycles. The average Bonchev–Trinajstić information content (AvgIpc) is 2.84. The number of para-hydroxylation sites is 1. The number of likely N-dealkylation sites (tertiary alicyclic amines) is 1. The summed E-state index contributed by atoms with van der Waals surface area (Å²) < 4.78 is 13.9. The van der Waals surface area contributed by atoms with Crippen molar-refractivity contribution in [1.29, 1.82) is 0 Å². The number of piperidine rings is 1. The number of hydrogen-bond acceptors (Lipinski definition) is 1. The van der Waals surface area contributed by atoms with Crippen LogP contribution in [0, 0.1) is 5.82 Å². The summed E-state index contributed by atoms with van der Waals surface area (Å²) in [4.78, 5) is 16.4. The zero-order valence-corrected chi connectivity index (χ0v) is 22.4. The van der Waals surface area contributed by atoms with Crippen molar-refractivity contribution < 1.29 is 14.1 Å². The van der Waals surface area contributed by atoms with Crippen LogP contribution >= 0.6 is 34.8 Å². The highest BCUT2D eigenvalue weighted by molar-refractivity contribution is 6.40. The van der Waals surface area contributed by atoms with Gasteiger partial charge in [-0.25, -0.2) is 9.18 Å².